The molecule has 0 bridgehead atoms. The summed E-state index contributed by atoms with van der Waals surface area (Å²) < 4.78 is 6.55. The maximum atomic E-state index is 11.1. The van der Waals surface area contributed by atoms with Gasteiger partial charge in [-0.25, -0.2) is 0 Å². The van der Waals surface area contributed by atoms with Gasteiger partial charge in [-0.2, -0.15) is 0 Å². The molecule has 10 N–H and O–H groups in total. The molecular weight excluding hydrogens is 765 g/mol. The molecule has 0 atom stereocenters. The second kappa shape index (κ2) is 16.0. The lowest BCUT2D eigenvalue weighted by atomic mass is 9.79. The van der Waals surface area contributed by atoms with Crippen molar-refractivity contribution in [2.75, 3.05) is 13.2 Å². The van der Waals surface area contributed by atoms with Crippen LogP contribution in [0.2, 0.25) is 0 Å². The summed E-state index contributed by atoms with van der Waals surface area (Å²) in [6.07, 6.45) is 12.9. The van der Waals surface area contributed by atoms with E-state index in [2.05, 4.69) is 12.1 Å². The molecule has 11 nitrogen and oxygen atoms in total. The lowest BCUT2D eigenvalue weighted by molar-refractivity contribution is 0.217. The molecule has 0 amide bonds. The van der Waals surface area contributed by atoms with Crippen LogP contribution in [0.3, 0.4) is 0 Å². The Labute approximate surface area is 343 Å². The number of aliphatic hydroxyl groups excluding tert-OH is 5. The molecule has 0 spiro atoms. The smallest absolute Gasteiger partial charge is 0.208 e. The van der Waals surface area contributed by atoms with E-state index in [0.29, 0.717) is 35.3 Å². The van der Waals surface area contributed by atoms with Gasteiger partial charge in [0.05, 0.1) is 12.2 Å². The Morgan fingerprint density at radius 2 is 1.18 bits per heavy atom. The molecule has 60 heavy (non-hydrogen) atoms. The number of phenolic OH excluding ortho intramolecular Hbond substituents is 5. The van der Waals surface area contributed by atoms with Crippen LogP contribution >= 0.6 is 0 Å². The van der Waals surface area contributed by atoms with Crippen LogP contribution in [0.1, 0.15) is 33.4 Å². The van der Waals surface area contributed by atoms with E-state index in [1.54, 1.807) is 30.3 Å². The zero-order valence-corrected chi connectivity index (χ0v) is 32.0. The van der Waals surface area contributed by atoms with Crippen LogP contribution in [0, 0.1) is 0 Å². The summed E-state index contributed by atoms with van der Waals surface area (Å²) in [5, 5.41) is 105. The van der Waals surface area contributed by atoms with E-state index in [0.717, 1.165) is 55.3 Å². The van der Waals surface area contributed by atoms with E-state index in [4.69, 9.17) is 4.74 Å². The van der Waals surface area contributed by atoms with Crippen LogP contribution < -0.4 is 4.74 Å². The number of ether oxygens (including phenoxy) is 1. The minimum Gasteiger partial charge on any atom is -0.506 e. The molecule has 11 heteroatoms. The van der Waals surface area contributed by atoms with Gasteiger partial charge in [-0.1, -0.05) is 109 Å². The minimum atomic E-state index is -1.04. The molecule has 2 aliphatic rings. The third-order valence-electron chi connectivity index (χ3n) is 11.0. The van der Waals surface area contributed by atoms with Crippen LogP contribution in [-0.2, 0) is 19.4 Å². The van der Waals surface area contributed by atoms with Gasteiger partial charge in [0.15, 0.2) is 28.8 Å². The van der Waals surface area contributed by atoms with Gasteiger partial charge >= 0.3 is 0 Å². The van der Waals surface area contributed by atoms with Crippen LogP contribution in [0.15, 0.2) is 127 Å². The van der Waals surface area contributed by atoms with Crippen molar-refractivity contribution in [3.8, 4) is 67.9 Å². The molecule has 6 aromatic rings. The van der Waals surface area contributed by atoms with Crippen molar-refractivity contribution in [2.24, 2.45) is 0 Å². The number of benzene rings is 6. The largest absolute Gasteiger partial charge is 0.506 e. The molecule has 1 aliphatic carbocycles. The highest BCUT2D eigenvalue weighted by molar-refractivity contribution is 6.12. The number of fused-ring (bicyclic) bond motifs is 4. The first-order valence-corrected chi connectivity index (χ1v) is 19.0. The number of rotatable bonds is 7. The Morgan fingerprint density at radius 1 is 0.550 bits per heavy atom. The molecule has 1 aliphatic heterocycles. The number of hydrogen-bond acceptors (Lipinski definition) is 11. The van der Waals surface area contributed by atoms with E-state index in [-0.39, 0.29) is 17.7 Å². The fourth-order valence-electron chi connectivity index (χ4n) is 8.11. The number of phenols is 5. The summed E-state index contributed by atoms with van der Waals surface area (Å²) in [5.74, 6) is -6.40. The van der Waals surface area contributed by atoms with Crippen LogP contribution in [0.5, 0.6) is 34.5 Å². The molecule has 0 fully saturated rings. The highest BCUT2D eigenvalue weighted by Crippen LogP contribution is 2.57. The van der Waals surface area contributed by atoms with E-state index in [1.807, 2.05) is 78.9 Å². The van der Waals surface area contributed by atoms with Gasteiger partial charge < -0.3 is 55.8 Å². The standard InChI is InChI=1S/C49H40O11/c50-23-37(43(53)44(54)38(52)24-51)27-20-21-28-25-60-39-19-9-18-30(29(39)17-8-10-26(28)22-27)40-31-11-2-1-3-12-32(31)41(34-14-5-4-13-33(34)40)35-15-6-7-16-36(35)42-45(55)47(57)49(59)48(58)46(42)56/h1-11,13-16,18-22,50-59H,12,17,23-25H2/b10-8-,43-37-,44-38-. The predicted octanol–water partition coefficient (Wildman–Crippen LogP) is 9.22. The van der Waals surface area contributed by atoms with Gasteiger partial charge in [0.1, 0.15) is 19.0 Å². The molecule has 0 saturated carbocycles. The topological polar surface area (TPSA) is 212 Å². The molecular formula is C49H40O11. The van der Waals surface area contributed by atoms with Gasteiger partial charge in [-0.3, -0.25) is 0 Å². The average Bonchev–Trinajstić information content (AvgIpc) is 3.47. The molecule has 0 saturated heterocycles. The van der Waals surface area contributed by atoms with Crippen molar-refractivity contribution >= 4 is 28.5 Å². The van der Waals surface area contributed by atoms with Crippen molar-refractivity contribution < 1.29 is 55.8 Å². The molecule has 0 unspecified atom stereocenters. The summed E-state index contributed by atoms with van der Waals surface area (Å²) in [4.78, 5) is 0. The SMILES string of the molecule is OC/C(O)=C(O)\C(O)=C(/CO)c1ccc2c(c1)/C=C\Cc1c(cccc1-c1c3c(c(-c4ccccc4-c4c(O)c(O)c(O)c(O)c4O)c4ccccc14)CC=CC=C3)OC2. The van der Waals surface area contributed by atoms with Gasteiger partial charge in [-0.15, -0.1) is 0 Å². The zero-order valence-electron chi connectivity index (χ0n) is 32.0. The third-order valence-corrected chi connectivity index (χ3v) is 11.0. The van der Waals surface area contributed by atoms with Crippen molar-refractivity contribution in [1.82, 2.24) is 0 Å². The van der Waals surface area contributed by atoms with Gasteiger partial charge in [-0.05, 0) is 91.4 Å². The lowest BCUT2D eigenvalue weighted by Gasteiger charge is -2.24. The number of aliphatic hydroxyl groups is 5. The number of allylic oxidation sites excluding steroid dienone is 4. The number of hydrogen-bond donors (Lipinski definition) is 10. The van der Waals surface area contributed by atoms with Crippen molar-refractivity contribution in [2.45, 2.75) is 19.4 Å². The first kappa shape index (κ1) is 39.2. The Balaban J connectivity index is 1.31. The summed E-state index contributed by atoms with van der Waals surface area (Å²) in [6.45, 7) is -1.39. The lowest BCUT2D eigenvalue weighted by Crippen LogP contribution is -2.05. The van der Waals surface area contributed by atoms with E-state index in [1.165, 1.54) is 0 Å². The fourth-order valence-corrected chi connectivity index (χ4v) is 8.11. The maximum absolute atomic E-state index is 11.1. The van der Waals surface area contributed by atoms with E-state index < -0.39 is 59.2 Å². The second-order valence-electron chi connectivity index (χ2n) is 14.4. The van der Waals surface area contributed by atoms with Crippen LogP contribution in [-0.4, -0.2) is 64.3 Å². The molecule has 6 aromatic carbocycles. The molecule has 8 rings (SSSR count). The summed E-state index contributed by atoms with van der Waals surface area (Å²) >= 11 is 0. The third kappa shape index (κ3) is 6.61. The summed E-state index contributed by atoms with van der Waals surface area (Å²) in [5.41, 5.74) is 8.00. The summed E-state index contributed by atoms with van der Waals surface area (Å²) in [6, 6.07) is 26.1. The van der Waals surface area contributed by atoms with E-state index >= 15 is 0 Å². The fraction of sp³-hybridized carbons (Fsp3) is 0.102. The summed E-state index contributed by atoms with van der Waals surface area (Å²) in [7, 11) is 0. The van der Waals surface area contributed by atoms with Crippen molar-refractivity contribution in [3.05, 3.63) is 160 Å². The quantitative estimate of drug-likeness (QED) is 0.0318. The van der Waals surface area contributed by atoms with Crippen LogP contribution in [0.25, 0.3) is 61.9 Å². The average molecular weight is 805 g/mol. The Kier molecular flexibility index (Phi) is 10.4. The zero-order chi connectivity index (χ0) is 42.2. The molecule has 1 heterocycles. The highest BCUT2D eigenvalue weighted by atomic mass is 16.5. The first-order valence-electron chi connectivity index (χ1n) is 19.0. The molecule has 0 aromatic heterocycles. The molecule has 302 valence electrons. The maximum Gasteiger partial charge on any atom is 0.208 e. The minimum absolute atomic E-state index is 0.0517. The van der Waals surface area contributed by atoms with Gasteiger partial charge in [0.25, 0.3) is 0 Å². The highest BCUT2D eigenvalue weighted by Gasteiger charge is 2.29. The van der Waals surface area contributed by atoms with Gasteiger partial charge in [0.2, 0.25) is 17.2 Å². The number of aromatic hydroxyl groups is 5. The van der Waals surface area contributed by atoms with Crippen molar-refractivity contribution in [3.63, 3.8) is 0 Å². The van der Waals surface area contributed by atoms with E-state index in [9.17, 15) is 51.1 Å². The van der Waals surface area contributed by atoms with Crippen molar-refractivity contribution in [1.29, 1.82) is 0 Å². The predicted molar refractivity (Wildman–Crippen MR) is 230 cm³/mol. The Hall–Kier alpha value is -7.60. The Bertz CT molecular complexity index is 2850. The normalized spacial score (nSPS) is 14.6. The first-order chi connectivity index (χ1) is 29.0. The molecule has 0 radical (unpaired) electrons. The van der Waals surface area contributed by atoms with Gasteiger partial charge in [0, 0.05) is 11.1 Å². The second-order valence-corrected chi connectivity index (χ2v) is 14.4. The monoisotopic (exact) mass is 804 g/mol. The van der Waals surface area contributed by atoms with Crippen LogP contribution in [0.4, 0.5) is 0 Å². The Morgan fingerprint density at radius 3 is 1.88 bits per heavy atom.